The van der Waals surface area contributed by atoms with E-state index in [1.54, 1.807) is 0 Å². The number of benzene rings is 1. The molecule has 0 bridgehead atoms. The third kappa shape index (κ3) is 1.59. The summed E-state index contributed by atoms with van der Waals surface area (Å²) >= 11 is 2.85. The van der Waals surface area contributed by atoms with Gasteiger partial charge >= 0.3 is 0 Å². The average Bonchev–Trinajstić information content (AvgIpc) is 1.85. The van der Waals surface area contributed by atoms with Gasteiger partial charge in [0, 0.05) is 4.47 Å². The maximum Gasteiger partial charge on any atom is 0.179 e. The van der Waals surface area contributed by atoms with Crippen LogP contribution in [-0.4, -0.2) is 0 Å². The molecule has 0 saturated carbocycles. The molecule has 0 aromatic heterocycles. The highest BCUT2D eigenvalue weighted by Crippen LogP contribution is 2.25. The minimum atomic E-state index is -0.966. The first-order valence-corrected chi connectivity index (χ1v) is 3.42. The van der Waals surface area contributed by atoms with Crippen molar-refractivity contribution < 1.29 is 8.78 Å². The topological polar surface area (TPSA) is 29.4 Å². The summed E-state index contributed by atoms with van der Waals surface area (Å²) in [6, 6.07) is 1.94. The number of hydrogen-bond donors (Lipinski definition) is 0. The van der Waals surface area contributed by atoms with Crippen LogP contribution >= 0.6 is 15.9 Å². The highest BCUT2D eigenvalue weighted by atomic mass is 79.9. The number of hydrogen-bond acceptors (Lipinski definition) is 2. The van der Waals surface area contributed by atoms with E-state index in [1.807, 2.05) is 0 Å². The third-order valence-corrected chi connectivity index (χ3v) is 1.53. The molecule has 0 heterocycles. The summed E-state index contributed by atoms with van der Waals surface area (Å²) in [5.74, 6) is -1.93. The molecule has 0 aliphatic carbocycles. The largest absolute Gasteiger partial charge is 0.204 e. The molecule has 0 fully saturated rings. The zero-order valence-corrected chi connectivity index (χ0v) is 6.73. The summed E-state index contributed by atoms with van der Waals surface area (Å²) in [5.41, 5.74) is -0.784. The summed E-state index contributed by atoms with van der Waals surface area (Å²) in [6.45, 7) is 0. The minimum absolute atomic E-state index is 0.236. The predicted octanol–water partition coefficient (Wildman–Crippen LogP) is 3.13. The second-order valence-electron chi connectivity index (χ2n) is 1.81. The van der Waals surface area contributed by atoms with Crippen molar-refractivity contribution in [3.8, 4) is 0 Å². The van der Waals surface area contributed by atoms with Crippen molar-refractivity contribution in [3.05, 3.63) is 33.1 Å². The van der Waals surface area contributed by atoms with Gasteiger partial charge in [-0.25, -0.2) is 8.78 Å². The monoisotopic (exact) mass is 221 g/mol. The number of halogens is 3. The van der Waals surface area contributed by atoms with E-state index in [-0.39, 0.29) is 4.47 Å². The normalized spacial score (nSPS) is 9.73. The Bertz CT molecular complexity index is 280. The van der Waals surface area contributed by atoms with Crippen molar-refractivity contribution in [1.82, 2.24) is 0 Å². The van der Waals surface area contributed by atoms with Gasteiger partial charge in [-0.2, -0.15) is 0 Å². The van der Waals surface area contributed by atoms with Crippen LogP contribution in [0.15, 0.2) is 21.8 Å². The van der Waals surface area contributed by atoms with E-state index < -0.39 is 17.3 Å². The van der Waals surface area contributed by atoms with Gasteiger partial charge in [-0.1, -0.05) is 15.9 Å². The molecule has 11 heavy (non-hydrogen) atoms. The van der Waals surface area contributed by atoms with Gasteiger partial charge in [0.1, 0.15) is 0 Å². The van der Waals surface area contributed by atoms with E-state index in [1.165, 1.54) is 0 Å². The van der Waals surface area contributed by atoms with Crippen LogP contribution in [0.4, 0.5) is 14.5 Å². The Kier molecular flexibility index (Phi) is 2.28. The van der Waals surface area contributed by atoms with Gasteiger partial charge in [0.2, 0.25) is 0 Å². The van der Waals surface area contributed by atoms with Crippen molar-refractivity contribution in [2.75, 3.05) is 0 Å². The average molecular weight is 222 g/mol. The lowest BCUT2D eigenvalue weighted by atomic mass is 10.3. The van der Waals surface area contributed by atoms with Crippen LogP contribution in [0.25, 0.3) is 0 Å². The van der Waals surface area contributed by atoms with Crippen LogP contribution in [0.5, 0.6) is 0 Å². The molecular formula is C6H2BrF2NO. The lowest BCUT2D eigenvalue weighted by Crippen LogP contribution is -1.81. The second-order valence-corrected chi connectivity index (χ2v) is 2.73. The SMILES string of the molecule is O=Nc1c(F)cc(Br)cc1F. The Morgan fingerprint density at radius 3 is 2.09 bits per heavy atom. The van der Waals surface area contributed by atoms with Crippen molar-refractivity contribution >= 4 is 21.6 Å². The zero-order valence-electron chi connectivity index (χ0n) is 5.14. The summed E-state index contributed by atoms with van der Waals surface area (Å²) < 4.78 is 25.3. The summed E-state index contributed by atoms with van der Waals surface area (Å²) in [6.07, 6.45) is 0. The molecule has 0 radical (unpaired) electrons. The standard InChI is InChI=1S/C6H2BrF2NO/c7-3-1-4(8)6(10-11)5(9)2-3/h1-2H. The highest BCUT2D eigenvalue weighted by Gasteiger charge is 2.09. The first-order valence-electron chi connectivity index (χ1n) is 2.63. The van der Waals surface area contributed by atoms with Crippen LogP contribution < -0.4 is 0 Å². The molecule has 5 heteroatoms. The predicted molar refractivity (Wildman–Crippen MR) is 39.5 cm³/mol. The number of rotatable bonds is 1. The number of nitroso groups, excluding NO2 is 1. The molecule has 0 aliphatic heterocycles. The smallest absolute Gasteiger partial charge is 0.179 e. The highest BCUT2D eigenvalue weighted by molar-refractivity contribution is 9.10. The maximum atomic E-state index is 12.5. The molecule has 1 rings (SSSR count). The van der Waals surface area contributed by atoms with E-state index in [9.17, 15) is 13.7 Å². The van der Waals surface area contributed by atoms with Crippen LogP contribution in [0.1, 0.15) is 0 Å². The molecule has 0 spiro atoms. The van der Waals surface area contributed by atoms with Gasteiger partial charge in [-0.05, 0) is 17.3 Å². The lowest BCUT2D eigenvalue weighted by molar-refractivity contribution is 0.585. The molecule has 2 nitrogen and oxygen atoms in total. The maximum absolute atomic E-state index is 12.5. The molecule has 0 unspecified atom stereocenters. The van der Waals surface area contributed by atoms with Crippen molar-refractivity contribution in [2.45, 2.75) is 0 Å². The summed E-state index contributed by atoms with van der Waals surface area (Å²) in [7, 11) is 0. The van der Waals surface area contributed by atoms with Gasteiger partial charge in [-0.3, -0.25) is 0 Å². The van der Waals surface area contributed by atoms with Crippen LogP contribution in [0, 0.1) is 16.5 Å². The van der Waals surface area contributed by atoms with E-state index in [4.69, 9.17) is 0 Å². The molecule has 58 valence electrons. The molecule has 0 saturated heterocycles. The summed E-state index contributed by atoms with van der Waals surface area (Å²) in [5, 5.41) is 2.19. The molecule has 1 aromatic rings. The van der Waals surface area contributed by atoms with E-state index in [0.717, 1.165) is 12.1 Å². The van der Waals surface area contributed by atoms with Gasteiger partial charge in [0.05, 0.1) is 0 Å². The molecule has 0 atom stereocenters. The second kappa shape index (κ2) is 3.04. The first-order chi connectivity index (χ1) is 5.15. The molecule has 0 aliphatic rings. The van der Waals surface area contributed by atoms with E-state index >= 15 is 0 Å². The van der Waals surface area contributed by atoms with Crippen molar-refractivity contribution in [1.29, 1.82) is 0 Å². The third-order valence-electron chi connectivity index (χ3n) is 1.07. The fraction of sp³-hybridized carbons (Fsp3) is 0. The van der Waals surface area contributed by atoms with E-state index in [2.05, 4.69) is 21.1 Å². The Morgan fingerprint density at radius 2 is 1.73 bits per heavy atom. The molecular weight excluding hydrogens is 220 g/mol. The van der Waals surface area contributed by atoms with Gasteiger partial charge in [0.15, 0.2) is 17.3 Å². The zero-order chi connectivity index (χ0) is 8.43. The van der Waals surface area contributed by atoms with Crippen LogP contribution in [-0.2, 0) is 0 Å². The van der Waals surface area contributed by atoms with Crippen molar-refractivity contribution in [2.24, 2.45) is 5.18 Å². The number of nitrogens with zero attached hydrogens (tertiary/aromatic N) is 1. The minimum Gasteiger partial charge on any atom is -0.204 e. The fourth-order valence-electron chi connectivity index (χ4n) is 0.622. The fourth-order valence-corrected chi connectivity index (χ4v) is 1.02. The van der Waals surface area contributed by atoms with Gasteiger partial charge in [0.25, 0.3) is 0 Å². The Morgan fingerprint density at radius 1 is 1.27 bits per heavy atom. The van der Waals surface area contributed by atoms with Crippen molar-refractivity contribution in [3.63, 3.8) is 0 Å². The quantitative estimate of drug-likeness (QED) is 0.671. The first kappa shape index (κ1) is 8.26. The Labute approximate surface area is 69.3 Å². The molecule has 0 N–H and O–H groups in total. The Hall–Kier alpha value is -0.840. The van der Waals surface area contributed by atoms with Gasteiger partial charge < -0.3 is 0 Å². The van der Waals surface area contributed by atoms with E-state index in [0.29, 0.717) is 0 Å². The summed E-state index contributed by atoms with van der Waals surface area (Å²) in [4.78, 5) is 9.81. The van der Waals surface area contributed by atoms with Crippen LogP contribution in [0.3, 0.4) is 0 Å². The van der Waals surface area contributed by atoms with Gasteiger partial charge in [-0.15, -0.1) is 4.91 Å². The molecule has 1 aromatic carbocycles. The van der Waals surface area contributed by atoms with Crippen LogP contribution in [0.2, 0.25) is 0 Å². The molecule has 0 amide bonds. The lowest BCUT2D eigenvalue weighted by Gasteiger charge is -1.95. The Balaban J connectivity index is 3.36.